The van der Waals surface area contributed by atoms with Crippen LogP contribution in [0.3, 0.4) is 0 Å². The van der Waals surface area contributed by atoms with Gasteiger partial charge in [0, 0.05) is 12.1 Å². The molecule has 0 aliphatic carbocycles. The van der Waals surface area contributed by atoms with E-state index in [9.17, 15) is 13.2 Å². The highest BCUT2D eigenvalue weighted by atomic mass is 19.4. The molecule has 1 aliphatic heterocycles. The SMILES string of the molecule is FC(F)(F)c1ccccc1-c1cnc(C2COCCN2)[nH]1. The number of aromatic nitrogens is 2. The van der Waals surface area contributed by atoms with Gasteiger partial charge in [-0.3, -0.25) is 0 Å². The molecule has 2 aromatic rings. The lowest BCUT2D eigenvalue weighted by molar-refractivity contribution is -0.137. The summed E-state index contributed by atoms with van der Waals surface area (Å²) in [6.45, 7) is 1.77. The van der Waals surface area contributed by atoms with Crippen molar-refractivity contribution in [1.82, 2.24) is 15.3 Å². The third-order valence-corrected chi connectivity index (χ3v) is 3.37. The van der Waals surface area contributed by atoms with E-state index in [2.05, 4.69) is 15.3 Å². The van der Waals surface area contributed by atoms with E-state index in [0.29, 0.717) is 31.3 Å². The van der Waals surface area contributed by atoms with Crippen LogP contribution in [0.15, 0.2) is 30.5 Å². The molecule has 112 valence electrons. The minimum atomic E-state index is -4.39. The molecule has 1 atom stereocenters. The van der Waals surface area contributed by atoms with Crippen LogP contribution in [0.1, 0.15) is 17.4 Å². The van der Waals surface area contributed by atoms with Gasteiger partial charge in [-0.2, -0.15) is 13.2 Å². The zero-order valence-electron chi connectivity index (χ0n) is 11.1. The minimum absolute atomic E-state index is 0.0977. The Morgan fingerprint density at radius 3 is 2.76 bits per heavy atom. The van der Waals surface area contributed by atoms with Gasteiger partial charge in [-0.15, -0.1) is 0 Å². The summed E-state index contributed by atoms with van der Waals surface area (Å²) < 4.78 is 44.4. The summed E-state index contributed by atoms with van der Waals surface area (Å²) in [6, 6.07) is 5.33. The molecule has 0 bridgehead atoms. The Kier molecular flexibility index (Phi) is 3.69. The molecular formula is C14H14F3N3O. The van der Waals surface area contributed by atoms with E-state index in [0.717, 1.165) is 6.07 Å². The second-order valence-corrected chi connectivity index (χ2v) is 4.81. The Hall–Kier alpha value is -1.86. The van der Waals surface area contributed by atoms with Crippen LogP contribution >= 0.6 is 0 Å². The van der Waals surface area contributed by atoms with E-state index < -0.39 is 11.7 Å². The fourth-order valence-electron chi connectivity index (χ4n) is 2.36. The number of ether oxygens (including phenoxy) is 1. The molecule has 0 radical (unpaired) electrons. The van der Waals surface area contributed by atoms with Gasteiger partial charge in [0.2, 0.25) is 0 Å². The minimum Gasteiger partial charge on any atom is -0.378 e. The summed E-state index contributed by atoms with van der Waals surface area (Å²) >= 11 is 0. The van der Waals surface area contributed by atoms with Crippen molar-refractivity contribution in [1.29, 1.82) is 0 Å². The highest BCUT2D eigenvalue weighted by Gasteiger charge is 2.33. The van der Waals surface area contributed by atoms with Gasteiger partial charge in [0.1, 0.15) is 5.82 Å². The standard InChI is InChI=1S/C14H14F3N3O/c15-14(16,17)10-4-2-1-3-9(10)11-7-19-13(20-11)12-8-21-6-5-18-12/h1-4,7,12,18H,5-6,8H2,(H,19,20). The van der Waals surface area contributed by atoms with Gasteiger partial charge in [-0.25, -0.2) is 4.98 Å². The van der Waals surface area contributed by atoms with Crippen molar-refractivity contribution in [2.45, 2.75) is 12.2 Å². The van der Waals surface area contributed by atoms with Crippen LogP contribution in [0.4, 0.5) is 13.2 Å². The maximum absolute atomic E-state index is 13.0. The second-order valence-electron chi connectivity index (χ2n) is 4.81. The molecule has 1 unspecified atom stereocenters. The van der Waals surface area contributed by atoms with Gasteiger partial charge in [0.05, 0.1) is 36.7 Å². The number of hydrogen-bond donors (Lipinski definition) is 2. The van der Waals surface area contributed by atoms with Crippen LogP contribution < -0.4 is 5.32 Å². The Balaban J connectivity index is 1.93. The van der Waals surface area contributed by atoms with E-state index in [4.69, 9.17) is 4.74 Å². The first-order valence-corrected chi connectivity index (χ1v) is 6.58. The molecule has 1 saturated heterocycles. The monoisotopic (exact) mass is 297 g/mol. The summed E-state index contributed by atoms with van der Waals surface area (Å²) in [4.78, 5) is 7.13. The van der Waals surface area contributed by atoms with Crippen molar-refractivity contribution >= 4 is 0 Å². The van der Waals surface area contributed by atoms with E-state index >= 15 is 0 Å². The van der Waals surface area contributed by atoms with Gasteiger partial charge >= 0.3 is 6.18 Å². The number of H-pyrrole nitrogens is 1. The van der Waals surface area contributed by atoms with E-state index in [-0.39, 0.29) is 11.6 Å². The molecular weight excluding hydrogens is 283 g/mol. The first kappa shape index (κ1) is 14.1. The van der Waals surface area contributed by atoms with Gasteiger partial charge in [-0.05, 0) is 6.07 Å². The lowest BCUT2D eigenvalue weighted by Crippen LogP contribution is -2.35. The van der Waals surface area contributed by atoms with E-state index in [1.807, 2.05) is 0 Å². The van der Waals surface area contributed by atoms with E-state index in [1.54, 1.807) is 6.07 Å². The van der Waals surface area contributed by atoms with Crippen LogP contribution in [0, 0.1) is 0 Å². The molecule has 1 aliphatic rings. The average Bonchev–Trinajstić information content (AvgIpc) is 2.97. The van der Waals surface area contributed by atoms with Crippen molar-refractivity contribution in [2.24, 2.45) is 0 Å². The molecule has 1 aromatic heterocycles. The summed E-state index contributed by atoms with van der Waals surface area (Å²) in [7, 11) is 0. The van der Waals surface area contributed by atoms with Crippen LogP contribution in [-0.2, 0) is 10.9 Å². The number of alkyl halides is 3. The van der Waals surface area contributed by atoms with E-state index in [1.165, 1.54) is 18.3 Å². The highest BCUT2D eigenvalue weighted by molar-refractivity contribution is 5.64. The second kappa shape index (κ2) is 5.50. The normalized spacial score (nSPS) is 19.7. The third kappa shape index (κ3) is 2.93. The molecule has 1 fully saturated rings. The summed E-state index contributed by atoms with van der Waals surface area (Å²) in [5, 5.41) is 3.20. The summed E-state index contributed by atoms with van der Waals surface area (Å²) in [5.41, 5.74) is -0.223. The Bertz CT molecular complexity index is 618. The molecule has 0 spiro atoms. The summed E-state index contributed by atoms with van der Waals surface area (Å²) in [6.07, 6.45) is -2.97. The number of aromatic amines is 1. The smallest absolute Gasteiger partial charge is 0.378 e. The number of nitrogens with zero attached hydrogens (tertiary/aromatic N) is 1. The molecule has 21 heavy (non-hydrogen) atoms. The Labute approximate surface area is 119 Å². The van der Waals surface area contributed by atoms with Crippen LogP contribution in [0.5, 0.6) is 0 Å². The lowest BCUT2D eigenvalue weighted by Gasteiger charge is -2.21. The first-order valence-electron chi connectivity index (χ1n) is 6.58. The summed E-state index contributed by atoms with van der Waals surface area (Å²) in [5.74, 6) is 0.585. The van der Waals surface area contributed by atoms with Gasteiger partial charge in [-0.1, -0.05) is 18.2 Å². The van der Waals surface area contributed by atoms with Crippen molar-refractivity contribution in [3.63, 3.8) is 0 Å². The number of nitrogens with one attached hydrogen (secondary N) is 2. The topological polar surface area (TPSA) is 49.9 Å². The molecule has 3 rings (SSSR count). The fourth-order valence-corrected chi connectivity index (χ4v) is 2.36. The number of benzene rings is 1. The zero-order chi connectivity index (χ0) is 14.9. The maximum Gasteiger partial charge on any atom is 0.417 e. The highest BCUT2D eigenvalue weighted by Crippen LogP contribution is 2.36. The quantitative estimate of drug-likeness (QED) is 0.896. The number of rotatable bonds is 2. The first-order chi connectivity index (χ1) is 10.1. The number of halogens is 3. The van der Waals surface area contributed by atoms with Gasteiger partial charge in [0.25, 0.3) is 0 Å². The van der Waals surface area contributed by atoms with Crippen LogP contribution in [0.25, 0.3) is 11.3 Å². The van der Waals surface area contributed by atoms with Crippen molar-refractivity contribution < 1.29 is 17.9 Å². The van der Waals surface area contributed by atoms with Crippen molar-refractivity contribution in [2.75, 3.05) is 19.8 Å². The average molecular weight is 297 g/mol. The molecule has 4 nitrogen and oxygen atoms in total. The maximum atomic E-state index is 13.0. The molecule has 2 heterocycles. The zero-order valence-corrected chi connectivity index (χ0v) is 11.1. The van der Waals surface area contributed by atoms with Crippen molar-refractivity contribution in [3.8, 4) is 11.3 Å². The molecule has 2 N–H and O–H groups in total. The molecule has 0 amide bonds. The predicted octanol–water partition coefficient (Wildman–Crippen LogP) is 2.76. The van der Waals surface area contributed by atoms with Crippen molar-refractivity contribution in [3.05, 3.63) is 41.9 Å². The largest absolute Gasteiger partial charge is 0.417 e. The van der Waals surface area contributed by atoms with Crippen LogP contribution in [-0.4, -0.2) is 29.7 Å². The number of morpholine rings is 1. The number of hydrogen-bond acceptors (Lipinski definition) is 3. The molecule has 7 heteroatoms. The van der Waals surface area contributed by atoms with Crippen LogP contribution in [0.2, 0.25) is 0 Å². The van der Waals surface area contributed by atoms with Gasteiger partial charge < -0.3 is 15.0 Å². The molecule has 0 saturated carbocycles. The Morgan fingerprint density at radius 1 is 1.24 bits per heavy atom. The lowest BCUT2D eigenvalue weighted by atomic mass is 10.0. The number of imidazole rings is 1. The molecule has 1 aromatic carbocycles. The predicted molar refractivity (Wildman–Crippen MR) is 70.6 cm³/mol. The Morgan fingerprint density at radius 2 is 2.05 bits per heavy atom. The van der Waals surface area contributed by atoms with Gasteiger partial charge in [0.15, 0.2) is 0 Å². The fraction of sp³-hybridized carbons (Fsp3) is 0.357. The third-order valence-electron chi connectivity index (χ3n) is 3.37.